The molecule has 2 aliphatic rings. The summed E-state index contributed by atoms with van der Waals surface area (Å²) in [5, 5.41) is 0. The molecular weight excluding hydrogens is 214 g/mol. The molecule has 1 aliphatic carbocycles. The molecule has 1 aliphatic heterocycles. The van der Waals surface area contributed by atoms with Crippen molar-refractivity contribution in [2.75, 3.05) is 30.8 Å². The zero-order valence-corrected chi connectivity index (χ0v) is 10.3. The van der Waals surface area contributed by atoms with Crippen LogP contribution in [0, 0.1) is 5.41 Å². The van der Waals surface area contributed by atoms with Gasteiger partial charge in [-0.05, 0) is 31.1 Å². The average molecular weight is 233 g/mol. The lowest BCUT2D eigenvalue weighted by atomic mass is 9.95. The number of nitrogens with zero attached hydrogens (tertiary/aromatic N) is 2. The number of nitrogen functional groups attached to an aromatic ring is 1. The molecule has 1 saturated heterocycles. The standard InChI is InChI=1S/C13H19N3O/c1-17-11-7-12(14)15-8-10(11)16-6-2-3-13(9-16)4-5-13/h7-8H,2-6,9H2,1H3,(H2,14,15). The molecular formula is C13H19N3O. The van der Waals surface area contributed by atoms with E-state index in [0.717, 1.165) is 24.5 Å². The van der Waals surface area contributed by atoms with E-state index < -0.39 is 0 Å². The minimum absolute atomic E-state index is 0.517. The highest BCUT2D eigenvalue weighted by Crippen LogP contribution is 2.53. The normalized spacial score (nSPS) is 21.6. The molecule has 0 radical (unpaired) electrons. The van der Waals surface area contributed by atoms with Crippen LogP contribution in [0.15, 0.2) is 12.3 Å². The van der Waals surface area contributed by atoms with Crippen LogP contribution in [-0.4, -0.2) is 25.2 Å². The summed E-state index contributed by atoms with van der Waals surface area (Å²) < 4.78 is 5.41. The highest BCUT2D eigenvalue weighted by atomic mass is 16.5. The maximum absolute atomic E-state index is 5.69. The van der Waals surface area contributed by atoms with Gasteiger partial charge in [0.2, 0.25) is 0 Å². The number of hydrogen-bond acceptors (Lipinski definition) is 4. The molecule has 1 aromatic rings. The number of methoxy groups -OCH3 is 1. The summed E-state index contributed by atoms with van der Waals surface area (Å²) in [4.78, 5) is 6.59. The van der Waals surface area contributed by atoms with Crippen LogP contribution in [0.5, 0.6) is 5.75 Å². The zero-order chi connectivity index (χ0) is 11.9. The second-order valence-corrected chi connectivity index (χ2v) is 5.31. The van der Waals surface area contributed by atoms with Crippen LogP contribution in [0.4, 0.5) is 11.5 Å². The van der Waals surface area contributed by atoms with Crippen LogP contribution >= 0.6 is 0 Å². The second kappa shape index (κ2) is 3.79. The molecule has 2 N–H and O–H groups in total. The van der Waals surface area contributed by atoms with E-state index in [1.54, 1.807) is 7.11 Å². The summed E-state index contributed by atoms with van der Waals surface area (Å²) in [6.07, 6.45) is 7.26. The van der Waals surface area contributed by atoms with Gasteiger partial charge in [0.1, 0.15) is 11.6 Å². The van der Waals surface area contributed by atoms with E-state index in [9.17, 15) is 0 Å². The smallest absolute Gasteiger partial charge is 0.147 e. The van der Waals surface area contributed by atoms with Crippen molar-refractivity contribution in [3.05, 3.63) is 12.3 Å². The van der Waals surface area contributed by atoms with Crippen molar-refractivity contribution in [2.45, 2.75) is 25.7 Å². The van der Waals surface area contributed by atoms with Crippen molar-refractivity contribution < 1.29 is 4.74 Å². The van der Waals surface area contributed by atoms with Crippen molar-refractivity contribution >= 4 is 11.5 Å². The van der Waals surface area contributed by atoms with Crippen molar-refractivity contribution in [1.29, 1.82) is 0 Å². The lowest BCUT2D eigenvalue weighted by molar-refractivity contribution is 0.382. The van der Waals surface area contributed by atoms with E-state index in [1.165, 1.54) is 25.7 Å². The van der Waals surface area contributed by atoms with E-state index in [0.29, 0.717) is 11.2 Å². The quantitative estimate of drug-likeness (QED) is 0.849. The molecule has 1 saturated carbocycles. The molecule has 0 unspecified atom stereocenters. The Morgan fingerprint density at radius 1 is 1.41 bits per heavy atom. The largest absolute Gasteiger partial charge is 0.494 e. The first kappa shape index (κ1) is 10.7. The van der Waals surface area contributed by atoms with Gasteiger partial charge in [-0.3, -0.25) is 0 Å². The molecule has 0 atom stereocenters. The van der Waals surface area contributed by atoms with Crippen LogP contribution < -0.4 is 15.4 Å². The molecule has 17 heavy (non-hydrogen) atoms. The Bertz CT molecular complexity index is 429. The third-order valence-corrected chi connectivity index (χ3v) is 4.05. The van der Waals surface area contributed by atoms with Gasteiger partial charge in [0.05, 0.1) is 19.0 Å². The minimum atomic E-state index is 0.517. The Kier molecular flexibility index (Phi) is 2.38. The third-order valence-electron chi connectivity index (χ3n) is 4.05. The summed E-state index contributed by atoms with van der Waals surface area (Å²) in [6.45, 7) is 2.25. The number of nitrogens with two attached hydrogens (primary N) is 1. The first-order valence-corrected chi connectivity index (χ1v) is 6.27. The third kappa shape index (κ3) is 1.92. The van der Waals surface area contributed by atoms with Crippen molar-refractivity contribution in [2.24, 2.45) is 5.41 Å². The van der Waals surface area contributed by atoms with Crippen LogP contribution in [0.25, 0.3) is 0 Å². The first-order valence-electron chi connectivity index (χ1n) is 6.27. The molecule has 0 aromatic carbocycles. The summed E-state index contributed by atoms with van der Waals surface area (Å²) >= 11 is 0. The van der Waals surface area contributed by atoms with Gasteiger partial charge in [0.15, 0.2) is 0 Å². The summed E-state index contributed by atoms with van der Waals surface area (Å²) in [6, 6.07) is 1.81. The van der Waals surface area contributed by atoms with Crippen molar-refractivity contribution in [1.82, 2.24) is 4.98 Å². The minimum Gasteiger partial charge on any atom is -0.494 e. The van der Waals surface area contributed by atoms with Crippen LogP contribution in [0.3, 0.4) is 0 Å². The van der Waals surface area contributed by atoms with Crippen LogP contribution in [-0.2, 0) is 0 Å². The lowest BCUT2D eigenvalue weighted by Crippen LogP contribution is -2.36. The Morgan fingerprint density at radius 2 is 2.24 bits per heavy atom. The monoisotopic (exact) mass is 233 g/mol. The van der Waals surface area contributed by atoms with E-state index >= 15 is 0 Å². The van der Waals surface area contributed by atoms with E-state index in [1.807, 2.05) is 12.3 Å². The number of rotatable bonds is 2. The molecule has 3 rings (SSSR count). The lowest BCUT2D eigenvalue weighted by Gasteiger charge is -2.35. The van der Waals surface area contributed by atoms with E-state index in [-0.39, 0.29) is 0 Å². The number of pyridine rings is 1. The number of aromatic nitrogens is 1. The summed E-state index contributed by atoms with van der Waals surface area (Å²) in [5.74, 6) is 1.36. The predicted octanol–water partition coefficient (Wildman–Crippen LogP) is 2.05. The fourth-order valence-electron chi connectivity index (χ4n) is 2.84. The van der Waals surface area contributed by atoms with Crippen LogP contribution in [0.2, 0.25) is 0 Å². The molecule has 1 aromatic heterocycles. The fraction of sp³-hybridized carbons (Fsp3) is 0.615. The molecule has 92 valence electrons. The molecule has 4 heteroatoms. The molecule has 2 fully saturated rings. The topological polar surface area (TPSA) is 51.4 Å². The van der Waals surface area contributed by atoms with Gasteiger partial charge in [0, 0.05) is 19.2 Å². The average Bonchev–Trinajstić information content (AvgIpc) is 3.08. The fourth-order valence-corrected chi connectivity index (χ4v) is 2.84. The van der Waals surface area contributed by atoms with Gasteiger partial charge in [-0.15, -0.1) is 0 Å². The highest BCUT2D eigenvalue weighted by molar-refractivity contribution is 5.61. The maximum Gasteiger partial charge on any atom is 0.147 e. The Hall–Kier alpha value is -1.45. The predicted molar refractivity (Wildman–Crippen MR) is 68.3 cm³/mol. The summed E-state index contributed by atoms with van der Waals surface area (Å²) in [7, 11) is 1.69. The van der Waals surface area contributed by atoms with Crippen LogP contribution in [0.1, 0.15) is 25.7 Å². The molecule has 1 spiro atoms. The second-order valence-electron chi connectivity index (χ2n) is 5.31. The van der Waals surface area contributed by atoms with Crippen molar-refractivity contribution in [3.63, 3.8) is 0 Å². The maximum atomic E-state index is 5.69. The van der Waals surface area contributed by atoms with Gasteiger partial charge in [-0.1, -0.05) is 0 Å². The molecule has 0 bridgehead atoms. The number of ether oxygens (including phenoxy) is 1. The highest BCUT2D eigenvalue weighted by Gasteiger charge is 2.45. The molecule has 0 amide bonds. The van der Waals surface area contributed by atoms with Gasteiger partial charge in [-0.25, -0.2) is 4.98 Å². The van der Waals surface area contributed by atoms with Gasteiger partial charge < -0.3 is 15.4 Å². The Morgan fingerprint density at radius 3 is 2.94 bits per heavy atom. The zero-order valence-electron chi connectivity index (χ0n) is 10.3. The van der Waals surface area contributed by atoms with E-state index in [4.69, 9.17) is 10.5 Å². The molecule has 2 heterocycles. The number of anilines is 2. The SMILES string of the molecule is COc1cc(N)ncc1N1CCCC2(CC2)C1. The number of hydrogen-bond donors (Lipinski definition) is 1. The van der Waals surface area contributed by atoms with E-state index in [2.05, 4.69) is 9.88 Å². The number of piperidine rings is 1. The Balaban J connectivity index is 1.87. The Labute approximate surface area is 102 Å². The van der Waals surface area contributed by atoms with Gasteiger partial charge >= 0.3 is 0 Å². The van der Waals surface area contributed by atoms with Crippen molar-refractivity contribution in [3.8, 4) is 5.75 Å². The van der Waals surface area contributed by atoms with Gasteiger partial charge in [0.25, 0.3) is 0 Å². The summed E-state index contributed by atoms with van der Waals surface area (Å²) in [5.41, 5.74) is 7.38. The molecule has 4 nitrogen and oxygen atoms in total. The van der Waals surface area contributed by atoms with Gasteiger partial charge in [-0.2, -0.15) is 0 Å². The first-order chi connectivity index (χ1) is 8.22.